The number of amides is 1. The number of allylic oxidation sites excluding steroid dienone is 1. The number of anilines is 1. The molecule has 0 spiro atoms. The SMILES string of the molecule is C=CCn1c(SCC(=O)Nc2ccc(F)c(Cl)c2)nnc1C(C)Oc1ccc(Cl)c(C)c1. The highest BCUT2D eigenvalue weighted by Gasteiger charge is 2.20. The summed E-state index contributed by atoms with van der Waals surface area (Å²) in [6.45, 7) is 8.01. The van der Waals surface area contributed by atoms with Gasteiger partial charge in [-0.25, -0.2) is 4.39 Å². The molecule has 0 saturated carbocycles. The molecule has 3 rings (SSSR count). The molecular weight excluding hydrogens is 474 g/mol. The van der Waals surface area contributed by atoms with E-state index in [1.54, 1.807) is 18.2 Å². The van der Waals surface area contributed by atoms with E-state index in [-0.39, 0.29) is 16.7 Å². The van der Waals surface area contributed by atoms with Gasteiger partial charge in [0.15, 0.2) is 17.1 Å². The van der Waals surface area contributed by atoms with E-state index < -0.39 is 11.9 Å². The quantitative estimate of drug-likeness (QED) is 0.288. The van der Waals surface area contributed by atoms with Gasteiger partial charge >= 0.3 is 0 Å². The average Bonchev–Trinajstić information content (AvgIpc) is 3.15. The second-order valence-corrected chi connectivity index (χ2v) is 8.63. The summed E-state index contributed by atoms with van der Waals surface area (Å²) in [5.41, 5.74) is 1.32. The first kappa shape index (κ1) is 24.1. The molecule has 3 aromatic rings. The van der Waals surface area contributed by atoms with Crippen LogP contribution in [0.2, 0.25) is 10.0 Å². The Morgan fingerprint density at radius 1 is 1.28 bits per heavy atom. The van der Waals surface area contributed by atoms with E-state index in [1.165, 1.54) is 30.0 Å². The fraction of sp³-hybridized carbons (Fsp3) is 0.227. The number of carbonyl (C=O) groups is 1. The number of rotatable bonds is 9. The Hall–Kier alpha value is -2.55. The molecule has 10 heteroatoms. The molecule has 1 unspecified atom stereocenters. The summed E-state index contributed by atoms with van der Waals surface area (Å²) in [7, 11) is 0. The number of benzene rings is 2. The van der Waals surface area contributed by atoms with Gasteiger partial charge in [0.25, 0.3) is 0 Å². The largest absolute Gasteiger partial charge is 0.483 e. The van der Waals surface area contributed by atoms with Gasteiger partial charge < -0.3 is 10.1 Å². The summed E-state index contributed by atoms with van der Waals surface area (Å²) >= 11 is 13.0. The molecule has 1 heterocycles. The molecule has 0 bridgehead atoms. The van der Waals surface area contributed by atoms with Gasteiger partial charge in [-0.1, -0.05) is 41.0 Å². The van der Waals surface area contributed by atoms with E-state index in [4.69, 9.17) is 27.9 Å². The lowest BCUT2D eigenvalue weighted by Crippen LogP contribution is -2.15. The molecule has 0 radical (unpaired) electrons. The van der Waals surface area contributed by atoms with E-state index in [9.17, 15) is 9.18 Å². The number of aromatic nitrogens is 3. The zero-order valence-electron chi connectivity index (χ0n) is 17.4. The minimum atomic E-state index is -0.547. The number of hydrogen-bond donors (Lipinski definition) is 1. The molecule has 0 fully saturated rings. The third-order valence-electron chi connectivity index (χ3n) is 4.40. The molecule has 1 atom stereocenters. The number of carbonyl (C=O) groups excluding carboxylic acids is 1. The first-order valence-corrected chi connectivity index (χ1v) is 11.4. The number of nitrogens with zero attached hydrogens (tertiary/aromatic N) is 3. The molecule has 32 heavy (non-hydrogen) atoms. The molecule has 1 N–H and O–H groups in total. The number of ether oxygens (including phenoxy) is 1. The van der Waals surface area contributed by atoms with Gasteiger partial charge in [-0.05, 0) is 55.8 Å². The molecule has 2 aromatic carbocycles. The summed E-state index contributed by atoms with van der Waals surface area (Å²) in [5.74, 6) is 0.517. The van der Waals surface area contributed by atoms with Gasteiger partial charge in [-0.15, -0.1) is 16.8 Å². The fourth-order valence-electron chi connectivity index (χ4n) is 2.86. The van der Waals surface area contributed by atoms with Gasteiger partial charge in [0, 0.05) is 17.3 Å². The minimum absolute atomic E-state index is 0.0595. The van der Waals surface area contributed by atoms with Crippen molar-refractivity contribution in [1.29, 1.82) is 0 Å². The summed E-state index contributed by atoms with van der Waals surface area (Å²) in [6.07, 6.45) is 1.32. The zero-order valence-corrected chi connectivity index (χ0v) is 19.8. The van der Waals surface area contributed by atoms with Crippen LogP contribution in [0.5, 0.6) is 5.75 Å². The van der Waals surface area contributed by atoms with Crippen LogP contribution in [0.15, 0.2) is 54.2 Å². The van der Waals surface area contributed by atoms with Crippen LogP contribution in [-0.2, 0) is 11.3 Å². The molecule has 0 aliphatic heterocycles. The predicted molar refractivity (Wildman–Crippen MR) is 126 cm³/mol. The molecule has 6 nitrogen and oxygen atoms in total. The lowest BCUT2D eigenvalue weighted by molar-refractivity contribution is -0.113. The Morgan fingerprint density at radius 2 is 2.06 bits per heavy atom. The van der Waals surface area contributed by atoms with E-state index in [0.29, 0.717) is 34.0 Å². The number of halogens is 3. The van der Waals surface area contributed by atoms with Crippen molar-refractivity contribution in [3.05, 3.63) is 76.3 Å². The lowest BCUT2D eigenvalue weighted by atomic mass is 10.2. The van der Waals surface area contributed by atoms with Crippen molar-refractivity contribution in [3.63, 3.8) is 0 Å². The third-order valence-corrected chi connectivity index (χ3v) is 6.08. The highest BCUT2D eigenvalue weighted by Crippen LogP contribution is 2.27. The first-order chi connectivity index (χ1) is 15.3. The average molecular weight is 495 g/mol. The summed E-state index contributed by atoms with van der Waals surface area (Å²) < 4.78 is 21.1. The van der Waals surface area contributed by atoms with Crippen LogP contribution in [0.25, 0.3) is 0 Å². The van der Waals surface area contributed by atoms with Crippen molar-refractivity contribution in [1.82, 2.24) is 14.8 Å². The van der Waals surface area contributed by atoms with Gasteiger partial charge in [0.2, 0.25) is 5.91 Å². The number of nitrogens with one attached hydrogen (secondary N) is 1. The molecular formula is C22H21Cl2FN4O2S. The van der Waals surface area contributed by atoms with E-state index in [2.05, 4.69) is 22.1 Å². The summed E-state index contributed by atoms with van der Waals surface area (Å²) in [4.78, 5) is 12.3. The number of hydrogen-bond acceptors (Lipinski definition) is 5. The maximum absolute atomic E-state index is 13.3. The van der Waals surface area contributed by atoms with Crippen molar-refractivity contribution in [2.24, 2.45) is 0 Å². The van der Waals surface area contributed by atoms with Gasteiger partial charge in [-0.2, -0.15) is 0 Å². The van der Waals surface area contributed by atoms with Crippen LogP contribution in [0.1, 0.15) is 24.4 Å². The number of thioether (sulfide) groups is 1. The van der Waals surface area contributed by atoms with Crippen LogP contribution < -0.4 is 10.1 Å². The minimum Gasteiger partial charge on any atom is -0.483 e. The van der Waals surface area contributed by atoms with Gasteiger partial charge in [0.1, 0.15) is 11.6 Å². The Bertz CT molecular complexity index is 1140. The van der Waals surface area contributed by atoms with Crippen LogP contribution in [0.4, 0.5) is 10.1 Å². The van der Waals surface area contributed by atoms with Gasteiger partial charge in [0.05, 0.1) is 10.8 Å². The van der Waals surface area contributed by atoms with Crippen LogP contribution in [0, 0.1) is 12.7 Å². The zero-order chi connectivity index (χ0) is 23.3. The monoisotopic (exact) mass is 494 g/mol. The van der Waals surface area contributed by atoms with Crippen molar-refractivity contribution in [2.45, 2.75) is 31.7 Å². The molecule has 1 amide bonds. The maximum atomic E-state index is 13.3. The first-order valence-electron chi connectivity index (χ1n) is 9.63. The van der Waals surface area contributed by atoms with E-state index >= 15 is 0 Å². The van der Waals surface area contributed by atoms with E-state index in [0.717, 1.165) is 5.56 Å². The summed E-state index contributed by atoms with van der Waals surface area (Å²) in [6, 6.07) is 9.43. The van der Waals surface area contributed by atoms with Crippen molar-refractivity contribution >= 4 is 46.6 Å². The smallest absolute Gasteiger partial charge is 0.234 e. The maximum Gasteiger partial charge on any atom is 0.234 e. The number of aryl methyl sites for hydroxylation is 1. The molecule has 1 aromatic heterocycles. The fourth-order valence-corrected chi connectivity index (χ4v) is 3.91. The molecule has 168 valence electrons. The Kier molecular flexibility index (Phi) is 8.17. The second kappa shape index (κ2) is 10.8. The van der Waals surface area contributed by atoms with Crippen LogP contribution >= 0.6 is 35.0 Å². The van der Waals surface area contributed by atoms with Crippen LogP contribution in [-0.4, -0.2) is 26.4 Å². The van der Waals surface area contributed by atoms with Gasteiger partial charge in [-0.3, -0.25) is 9.36 Å². The Labute approximate surface area is 199 Å². The topological polar surface area (TPSA) is 69.0 Å². The van der Waals surface area contributed by atoms with Crippen LogP contribution in [0.3, 0.4) is 0 Å². The highest BCUT2D eigenvalue weighted by molar-refractivity contribution is 7.99. The third kappa shape index (κ3) is 6.03. The van der Waals surface area contributed by atoms with Crippen molar-refractivity contribution < 1.29 is 13.9 Å². The normalized spacial score (nSPS) is 11.8. The second-order valence-electron chi connectivity index (χ2n) is 6.88. The van der Waals surface area contributed by atoms with E-state index in [1.807, 2.05) is 24.5 Å². The standard InChI is InChI=1S/C22H21Cl2FN4O2S/c1-4-9-29-21(14(3)31-16-6-7-17(23)13(2)10-16)27-28-22(29)32-12-20(30)26-15-5-8-19(25)18(24)11-15/h4-8,10-11,14H,1,9,12H2,2-3H3,(H,26,30). The molecule has 0 aliphatic rings. The van der Waals surface area contributed by atoms with Crippen molar-refractivity contribution in [3.8, 4) is 5.75 Å². The lowest BCUT2D eigenvalue weighted by Gasteiger charge is -2.16. The van der Waals surface area contributed by atoms with Crippen molar-refractivity contribution in [2.75, 3.05) is 11.1 Å². The Balaban J connectivity index is 1.67. The Morgan fingerprint density at radius 3 is 2.75 bits per heavy atom. The molecule has 0 aliphatic carbocycles. The molecule has 0 saturated heterocycles. The predicted octanol–water partition coefficient (Wildman–Crippen LogP) is 6.09. The summed E-state index contributed by atoms with van der Waals surface area (Å²) in [5, 5.41) is 12.3. The highest BCUT2D eigenvalue weighted by atomic mass is 35.5.